The van der Waals surface area contributed by atoms with E-state index in [9.17, 15) is 9.59 Å². The number of hydrogen-bond donors (Lipinski definition) is 1. The molecule has 6 nitrogen and oxygen atoms in total. The second-order valence-electron chi connectivity index (χ2n) is 5.03. The highest BCUT2D eigenvalue weighted by Gasteiger charge is 2.26. The fraction of sp³-hybridized carbons (Fsp3) is 0.188. The third-order valence-electron chi connectivity index (χ3n) is 3.47. The number of carbonyl (C=O) groups excluding carboxylic acids is 1. The summed E-state index contributed by atoms with van der Waals surface area (Å²) in [6.07, 6.45) is 0.874. The van der Waals surface area contributed by atoms with E-state index in [0.29, 0.717) is 18.8 Å². The fourth-order valence-electron chi connectivity index (χ4n) is 2.32. The number of aromatic carboxylic acids is 1. The van der Waals surface area contributed by atoms with Crippen LogP contribution in [-0.4, -0.2) is 27.1 Å². The minimum Gasteiger partial charge on any atom is -0.478 e. The molecule has 0 saturated carbocycles. The first kappa shape index (κ1) is 14.1. The normalized spacial score (nSPS) is 12.8. The van der Waals surface area contributed by atoms with Crippen LogP contribution in [0.5, 0.6) is 0 Å². The van der Waals surface area contributed by atoms with E-state index in [1.54, 1.807) is 6.07 Å². The first-order valence-electron chi connectivity index (χ1n) is 6.80. The number of carboxylic acid groups (broad SMARTS) is 1. The van der Waals surface area contributed by atoms with Crippen molar-refractivity contribution in [1.82, 2.24) is 9.88 Å². The molecule has 1 N–H and O–H groups in total. The van der Waals surface area contributed by atoms with Crippen LogP contribution in [0, 0.1) is 0 Å². The molecule has 22 heavy (non-hydrogen) atoms. The minimum atomic E-state index is -1.03. The predicted molar refractivity (Wildman–Crippen MR) is 77.1 cm³/mol. The maximum atomic E-state index is 12.1. The lowest BCUT2D eigenvalue weighted by atomic mass is 10.2. The molecule has 3 rings (SSSR count). The van der Waals surface area contributed by atoms with Crippen molar-refractivity contribution in [2.75, 3.05) is 0 Å². The Labute approximate surface area is 127 Å². The zero-order valence-corrected chi connectivity index (χ0v) is 11.7. The van der Waals surface area contributed by atoms with Crippen molar-refractivity contribution >= 4 is 12.1 Å². The van der Waals surface area contributed by atoms with Crippen molar-refractivity contribution in [3.05, 3.63) is 65.0 Å². The molecular formula is C16H14N2O4. The lowest BCUT2D eigenvalue weighted by Crippen LogP contribution is -2.26. The Balaban J connectivity index is 1.62. The van der Waals surface area contributed by atoms with Crippen LogP contribution in [-0.2, 0) is 24.4 Å². The largest absolute Gasteiger partial charge is 0.478 e. The third kappa shape index (κ3) is 2.90. The molecule has 112 valence electrons. The summed E-state index contributed by atoms with van der Waals surface area (Å²) < 4.78 is 5.26. The standard InChI is InChI=1S/C16H14N2O4/c19-15(20)12-6-13-8-18(9-14(13)17-7-12)16(21)22-10-11-4-2-1-3-5-11/h1-7H,8-10H2,(H,19,20). The van der Waals surface area contributed by atoms with Crippen LogP contribution in [0.4, 0.5) is 4.79 Å². The Morgan fingerprint density at radius 1 is 1.23 bits per heavy atom. The third-order valence-corrected chi connectivity index (χ3v) is 3.47. The van der Waals surface area contributed by atoms with Gasteiger partial charge in [0.25, 0.3) is 0 Å². The quantitative estimate of drug-likeness (QED) is 0.941. The van der Waals surface area contributed by atoms with Gasteiger partial charge in [0.2, 0.25) is 0 Å². The summed E-state index contributed by atoms with van der Waals surface area (Å²) in [6.45, 7) is 0.861. The smallest absolute Gasteiger partial charge is 0.410 e. The number of ether oxygens (including phenoxy) is 1. The van der Waals surface area contributed by atoms with Crippen LogP contribution in [0.2, 0.25) is 0 Å². The average molecular weight is 298 g/mol. The molecular weight excluding hydrogens is 284 g/mol. The molecule has 1 aromatic heterocycles. The fourth-order valence-corrected chi connectivity index (χ4v) is 2.32. The zero-order chi connectivity index (χ0) is 15.5. The molecule has 1 aromatic carbocycles. The molecule has 1 aliphatic heterocycles. The van der Waals surface area contributed by atoms with E-state index in [2.05, 4.69) is 4.98 Å². The summed E-state index contributed by atoms with van der Waals surface area (Å²) in [5.41, 5.74) is 2.50. The van der Waals surface area contributed by atoms with E-state index in [0.717, 1.165) is 11.1 Å². The molecule has 0 atom stereocenters. The summed E-state index contributed by atoms with van der Waals surface area (Å²) in [5.74, 6) is -1.03. The number of hydrogen-bond acceptors (Lipinski definition) is 4. The Hall–Kier alpha value is -2.89. The number of carboxylic acids is 1. The van der Waals surface area contributed by atoms with Crippen molar-refractivity contribution in [3.63, 3.8) is 0 Å². The van der Waals surface area contributed by atoms with Gasteiger partial charge in [-0.1, -0.05) is 30.3 Å². The Morgan fingerprint density at radius 3 is 2.73 bits per heavy atom. The molecule has 6 heteroatoms. The van der Waals surface area contributed by atoms with Crippen molar-refractivity contribution in [3.8, 4) is 0 Å². The molecule has 1 aliphatic rings. The highest BCUT2D eigenvalue weighted by Crippen LogP contribution is 2.22. The first-order chi connectivity index (χ1) is 10.6. The van der Waals surface area contributed by atoms with Gasteiger partial charge in [-0.25, -0.2) is 9.59 Å². The van der Waals surface area contributed by atoms with Crippen molar-refractivity contribution in [1.29, 1.82) is 0 Å². The molecule has 0 unspecified atom stereocenters. The monoisotopic (exact) mass is 298 g/mol. The van der Waals surface area contributed by atoms with Gasteiger partial charge in [0.1, 0.15) is 6.61 Å². The summed E-state index contributed by atoms with van der Waals surface area (Å²) in [6, 6.07) is 11.0. The van der Waals surface area contributed by atoms with Crippen molar-refractivity contribution < 1.29 is 19.4 Å². The number of carbonyl (C=O) groups is 2. The molecule has 2 aromatic rings. The van der Waals surface area contributed by atoms with Gasteiger partial charge >= 0.3 is 12.1 Å². The van der Waals surface area contributed by atoms with Crippen molar-refractivity contribution in [2.45, 2.75) is 19.7 Å². The number of rotatable bonds is 3. The molecule has 2 heterocycles. The zero-order valence-electron chi connectivity index (χ0n) is 11.7. The highest BCUT2D eigenvalue weighted by molar-refractivity contribution is 5.87. The summed E-state index contributed by atoms with van der Waals surface area (Å²) in [5, 5.41) is 8.96. The van der Waals surface area contributed by atoms with Gasteiger partial charge in [-0.15, -0.1) is 0 Å². The van der Waals surface area contributed by atoms with Gasteiger partial charge in [-0.05, 0) is 17.2 Å². The second kappa shape index (κ2) is 5.85. The van der Waals surface area contributed by atoms with Crippen LogP contribution in [0.25, 0.3) is 0 Å². The van der Waals surface area contributed by atoms with Crippen LogP contribution in [0.1, 0.15) is 27.2 Å². The molecule has 0 fully saturated rings. The maximum absolute atomic E-state index is 12.1. The number of aromatic nitrogens is 1. The van der Waals surface area contributed by atoms with E-state index in [-0.39, 0.29) is 12.2 Å². The summed E-state index contributed by atoms with van der Waals surface area (Å²) >= 11 is 0. The molecule has 0 saturated heterocycles. The lowest BCUT2D eigenvalue weighted by Gasteiger charge is -2.15. The van der Waals surface area contributed by atoms with Crippen LogP contribution in [0.3, 0.4) is 0 Å². The van der Waals surface area contributed by atoms with E-state index < -0.39 is 12.1 Å². The van der Waals surface area contributed by atoms with Crippen molar-refractivity contribution in [2.24, 2.45) is 0 Å². The Kier molecular flexibility index (Phi) is 3.74. The van der Waals surface area contributed by atoms with Gasteiger partial charge in [-0.2, -0.15) is 0 Å². The number of amides is 1. The molecule has 1 amide bonds. The SMILES string of the molecule is O=C(O)c1cnc2c(c1)CN(C(=O)OCc1ccccc1)C2. The van der Waals surface area contributed by atoms with Gasteiger partial charge in [0.05, 0.1) is 24.3 Å². The Morgan fingerprint density at radius 2 is 2.00 bits per heavy atom. The Bertz CT molecular complexity index is 715. The minimum absolute atomic E-state index is 0.123. The van der Waals surface area contributed by atoms with Crippen LogP contribution >= 0.6 is 0 Å². The second-order valence-corrected chi connectivity index (χ2v) is 5.03. The van der Waals surface area contributed by atoms with E-state index >= 15 is 0 Å². The maximum Gasteiger partial charge on any atom is 0.410 e. The average Bonchev–Trinajstić information content (AvgIpc) is 2.96. The van der Waals surface area contributed by atoms with E-state index in [4.69, 9.17) is 9.84 Å². The number of pyridine rings is 1. The topological polar surface area (TPSA) is 79.7 Å². The molecule has 0 bridgehead atoms. The van der Waals surface area contributed by atoms with Gasteiger partial charge in [0.15, 0.2) is 0 Å². The molecule has 0 aliphatic carbocycles. The summed E-state index contributed by atoms with van der Waals surface area (Å²) in [4.78, 5) is 28.6. The number of benzene rings is 1. The molecule has 0 spiro atoms. The lowest BCUT2D eigenvalue weighted by molar-refractivity contribution is 0.0696. The summed E-state index contributed by atoms with van der Waals surface area (Å²) in [7, 11) is 0. The van der Waals surface area contributed by atoms with Crippen LogP contribution in [0.15, 0.2) is 42.6 Å². The van der Waals surface area contributed by atoms with Gasteiger partial charge in [-0.3, -0.25) is 9.88 Å². The van der Waals surface area contributed by atoms with E-state index in [1.807, 2.05) is 30.3 Å². The number of fused-ring (bicyclic) bond motifs is 1. The van der Waals surface area contributed by atoms with Gasteiger partial charge < -0.3 is 9.84 Å². The molecule has 0 radical (unpaired) electrons. The van der Waals surface area contributed by atoms with Crippen LogP contribution < -0.4 is 0 Å². The van der Waals surface area contributed by atoms with Gasteiger partial charge in [0, 0.05) is 6.20 Å². The van der Waals surface area contributed by atoms with E-state index in [1.165, 1.54) is 11.1 Å². The first-order valence-corrected chi connectivity index (χ1v) is 6.80. The predicted octanol–water partition coefficient (Wildman–Crippen LogP) is 2.43. The number of nitrogens with zero attached hydrogens (tertiary/aromatic N) is 2. The highest BCUT2D eigenvalue weighted by atomic mass is 16.6.